The maximum Gasteiger partial charge on any atom is 0.330 e. The number of esters is 1. The van der Waals surface area contributed by atoms with E-state index in [9.17, 15) is 4.79 Å². The molecule has 208 valence electrons. The Bertz CT molecular complexity index is 743. The molecule has 3 heterocycles. The molecule has 36 heavy (non-hydrogen) atoms. The van der Waals surface area contributed by atoms with Gasteiger partial charge in [-0.15, -0.1) is 0 Å². The van der Waals surface area contributed by atoms with E-state index in [-0.39, 0.29) is 42.6 Å². The van der Waals surface area contributed by atoms with E-state index >= 15 is 0 Å². The summed E-state index contributed by atoms with van der Waals surface area (Å²) in [4.78, 5) is 11.5. The van der Waals surface area contributed by atoms with Crippen LogP contribution in [0.3, 0.4) is 0 Å². The highest BCUT2D eigenvalue weighted by Crippen LogP contribution is 2.46. The van der Waals surface area contributed by atoms with Crippen LogP contribution in [-0.4, -0.2) is 70.4 Å². The smallest absolute Gasteiger partial charge is 0.330 e. The third-order valence-electron chi connectivity index (χ3n) is 8.25. The van der Waals surface area contributed by atoms with Crippen LogP contribution in [-0.2, 0) is 32.9 Å². The monoisotopic (exact) mass is 526 g/mol. The number of carbonyl (C=O) groups is 1. The lowest BCUT2D eigenvalue weighted by molar-refractivity contribution is -0.323. The quantitative estimate of drug-likeness (QED) is 0.163. The van der Waals surface area contributed by atoms with E-state index in [0.29, 0.717) is 35.6 Å². The van der Waals surface area contributed by atoms with Crippen molar-refractivity contribution in [3.63, 3.8) is 0 Å². The molecule has 3 fully saturated rings. The molecule has 7 atom stereocenters. The van der Waals surface area contributed by atoms with Gasteiger partial charge in [0.05, 0.1) is 38.1 Å². The first-order valence-electron chi connectivity index (χ1n) is 13.9. The third-order valence-corrected chi connectivity index (χ3v) is 14.4. The van der Waals surface area contributed by atoms with Gasteiger partial charge in [-0.05, 0) is 55.3 Å². The summed E-state index contributed by atoms with van der Waals surface area (Å²) < 4.78 is 37.2. The molecule has 0 aromatic rings. The van der Waals surface area contributed by atoms with Crippen molar-refractivity contribution >= 4 is 14.3 Å². The fourth-order valence-corrected chi connectivity index (χ4v) is 12.1. The number of methoxy groups -OCH3 is 1. The summed E-state index contributed by atoms with van der Waals surface area (Å²) in [5.74, 6) is -0.547. The third kappa shape index (κ3) is 7.00. The Labute approximate surface area is 219 Å². The maximum atomic E-state index is 11.5. The standard InChI is InChI=1S/C28H50O7Si/c1-17(2)36(18(3)4,19(5)6)35-25-14-20(7)13-24-26(16-31-28(8,9)34-24)33-23(25)15-22-21(32-22)11-12-27(29)30-10/h11-12,17-26H,13-16H2,1-10H3/b12-11+/t20-,21+,22+,23+,24+,25-,26-/m0/s1. The summed E-state index contributed by atoms with van der Waals surface area (Å²) in [7, 11) is -0.754. The minimum Gasteiger partial charge on any atom is -0.466 e. The molecular formula is C28H50O7Si. The van der Waals surface area contributed by atoms with Crippen molar-refractivity contribution in [3.05, 3.63) is 12.2 Å². The molecule has 0 amide bonds. The molecule has 3 saturated heterocycles. The van der Waals surface area contributed by atoms with Crippen molar-refractivity contribution in [2.24, 2.45) is 5.92 Å². The molecule has 3 aliphatic rings. The number of hydrogen-bond acceptors (Lipinski definition) is 7. The zero-order chi connectivity index (χ0) is 26.8. The van der Waals surface area contributed by atoms with E-state index in [4.69, 9.17) is 28.1 Å². The number of hydrogen-bond donors (Lipinski definition) is 0. The van der Waals surface area contributed by atoms with Gasteiger partial charge < -0.3 is 28.1 Å². The largest absolute Gasteiger partial charge is 0.466 e. The molecule has 0 N–H and O–H groups in total. The van der Waals surface area contributed by atoms with Crippen LogP contribution in [0.25, 0.3) is 0 Å². The van der Waals surface area contributed by atoms with Crippen molar-refractivity contribution in [3.8, 4) is 0 Å². The summed E-state index contributed by atoms with van der Waals surface area (Å²) in [6.45, 7) is 20.7. The second-order valence-electron chi connectivity index (χ2n) is 12.4. The topological polar surface area (TPSA) is 75.8 Å². The molecule has 0 aliphatic carbocycles. The van der Waals surface area contributed by atoms with E-state index in [1.807, 2.05) is 13.8 Å². The average molecular weight is 527 g/mol. The van der Waals surface area contributed by atoms with Gasteiger partial charge in [0.2, 0.25) is 8.32 Å². The van der Waals surface area contributed by atoms with Gasteiger partial charge in [0, 0.05) is 12.5 Å². The Hall–Kier alpha value is -0.773. The minimum atomic E-state index is -2.13. The van der Waals surface area contributed by atoms with Gasteiger partial charge in [-0.3, -0.25) is 0 Å². The van der Waals surface area contributed by atoms with Crippen LogP contribution in [0.4, 0.5) is 0 Å². The van der Waals surface area contributed by atoms with Crippen LogP contribution in [0, 0.1) is 5.92 Å². The van der Waals surface area contributed by atoms with Crippen molar-refractivity contribution in [1.29, 1.82) is 0 Å². The number of fused-ring (bicyclic) bond motifs is 1. The van der Waals surface area contributed by atoms with Crippen molar-refractivity contribution in [1.82, 2.24) is 0 Å². The second kappa shape index (κ2) is 12.0. The van der Waals surface area contributed by atoms with Gasteiger partial charge in [-0.1, -0.05) is 48.5 Å². The van der Waals surface area contributed by atoms with Crippen LogP contribution >= 0.6 is 0 Å². The Balaban J connectivity index is 1.86. The lowest BCUT2D eigenvalue weighted by Crippen LogP contribution is -2.57. The molecule has 0 saturated carbocycles. The van der Waals surface area contributed by atoms with Crippen LogP contribution in [0.2, 0.25) is 16.6 Å². The number of ether oxygens (including phenoxy) is 5. The number of epoxide rings is 1. The molecule has 3 rings (SSSR count). The van der Waals surface area contributed by atoms with Crippen LogP contribution in [0.1, 0.15) is 81.6 Å². The molecule has 0 aromatic heterocycles. The van der Waals surface area contributed by atoms with Gasteiger partial charge in [0.1, 0.15) is 12.2 Å². The zero-order valence-electron chi connectivity index (χ0n) is 24.1. The summed E-state index contributed by atoms with van der Waals surface area (Å²) in [5.41, 5.74) is 1.46. The molecule has 3 aliphatic heterocycles. The molecular weight excluding hydrogens is 476 g/mol. The van der Waals surface area contributed by atoms with E-state index in [0.717, 1.165) is 12.8 Å². The van der Waals surface area contributed by atoms with Crippen LogP contribution in [0.5, 0.6) is 0 Å². The number of carbonyl (C=O) groups excluding carboxylic acids is 1. The Kier molecular flexibility index (Phi) is 9.89. The lowest BCUT2D eigenvalue weighted by atomic mass is 9.89. The molecule has 0 unspecified atom stereocenters. The fraction of sp³-hybridized carbons (Fsp3) is 0.893. The molecule has 8 heteroatoms. The zero-order valence-corrected chi connectivity index (χ0v) is 25.1. The van der Waals surface area contributed by atoms with Gasteiger partial charge in [-0.2, -0.15) is 0 Å². The summed E-state index contributed by atoms with van der Waals surface area (Å²) >= 11 is 0. The van der Waals surface area contributed by atoms with Gasteiger partial charge in [0.15, 0.2) is 5.79 Å². The maximum absolute atomic E-state index is 11.5. The van der Waals surface area contributed by atoms with Gasteiger partial charge >= 0.3 is 5.97 Å². The summed E-state index contributed by atoms with van der Waals surface area (Å²) in [6, 6.07) is 0. The molecule has 7 nitrogen and oxygen atoms in total. The predicted molar refractivity (Wildman–Crippen MR) is 142 cm³/mol. The SMILES string of the molecule is COC(=O)/C=C/[C@H]1O[C@@H]1C[C@H]1O[C@H]2COC(C)(C)O[C@@H]2C[C@H](C)C[C@@H]1O[Si](C(C)C)(C(C)C)C(C)C. The van der Waals surface area contributed by atoms with Crippen molar-refractivity contribution in [2.75, 3.05) is 13.7 Å². The Morgan fingerprint density at radius 3 is 2.22 bits per heavy atom. The van der Waals surface area contributed by atoms with E-state index < -0.39 is 14.1 Å². The highest BCUT2D eigenvalue weighted by Gasteiger charge is 2.51. The Morgan fingerprint density at radius 2 is 1.64 bits per heavy atom. The Morgan fingerprint density at radius 1 is 1.00 bits per heavy atom. The van der Waals surface area contributed by atoms with E-state index in [1.165, 1.54) is 13.2 Å². The number of rotatable bonds is 9. The van der Waals surface area contributed by atoms with Gasteiger partial charge in [0.25, 0.3) is 0 Å². The van der Waals surface area contributed by atoms with Crippen molar-refractivity contribution in [2.45, 2.75) is 141 Å². The molecule has 0 aromatic carbocycles. The van der Waals surface area contributed by atoms with Gasteiger partial charge in [-0.25, -0.2) is 4.79 Å². The predicted octanol–water partition coefficient (Wildman–Crippen LogP) is 5.77. The van der Waals surface area contributed by atoms with E-state index in [2.05, 4.69) is 48.5 Å². The highest BCUT2D eigenvalue weighted by atomic mass is 28.4. The first-order chi connectivity index (χ1) is 16.8. The average Bonchev–Trinajstić information content (AvgIpc) is 3.51. The first-order valence-corrected chi connectivity index (χ1v) is 16.0. The lowest BCUT2D eigenvalue weighted by Gasteiger charge is -2.49. The molecule has 0 spiro atoms. The minimum absolute atomic E-state index is 0.00901. The van der Waals surface area contributed by atoms with Crippen LogP contribution in [0.15, 0.2) is 12.2 Å². The van der Waals surface area contributed by atoms with Crippen LogP contribution < -0.4 is 0 Å². The van der Waals surface area contributed by atoms with Crippen molar-refractivity contribution < 1.29 is 32.9 Å². The first kappa shape index (κ1) is 29.8. The molecule has 0 bridgehead atoms. The summed E-state index contributed by atoms with van der Waals surface area (Å²) in [5, 5.41) is 0. The highest BCUT2D eigenvalue weighted by molar-refractivity contribution is 6.77. The normalized spacial score (nSPS) is 35.1. The van der Waals surface area contributed by atoms with E-state index in [1.54, 1.807) is 6.08 Å². The second-order valence-corrected chi connectivity index (χ2v) is 17.8. The molecule has 0 radical (unpaired) electrons. The summed E-state index contributed by atoms with van der Waals surface area (Å²) in [6.07, 6.45) is 5.35. The fourth-order valence-electron chi connectivity index (χ4n) is 6.53.